The van der Waals surface area contributed by atoms with Crippen molar-refractivity contribution in [3.05, 3.63) is 0 Å². The fourth-order valence-corrected chi connectivity index (χ4v) is 1.47. The lowest BCUT2D eigenvalue weighted by Crippen LogP contribution is -2.53. The molecular weight excluding hydrogens is 184 g/mol. The molecule has 76 valence electrons. The molecule has 1 saturated carbocycles. The third-order valence-electron chi connectivity index (χ3n) is 2.15. The Balaban J connectivity index is 2.60. The summed E-state index contributed by atoms with van der Waals surface area (Å²) in [4.78, 5) is 10.2. The summed E-state index contributed by atoms with van der Waals surface area (Å²) in [7, 11) is 0. The number of nitrogens with one attached hydrogen (secondary N) is 1. The van der Waals surface area contributed by atoms with E-state index in [1.807, 2.05) is 5.32 Å². The molecule has 0 radical (unpaired) electrons. The van der Waals surface area contributed by atoms with Gasteiger partial charge in [-0.3, -0.25) is 0 Å². The number of alkyl halides is 2. The Hall–Kier alpha value is -0.910. The molecule has 0 aliphatic heterocycles. The second-order valence-electron chi connectivity index (χ2n) is 3.15. The van der Waals surface area contributed by atoms with E-state index in [-0.39, 0.29) is 19.3 Å². The summed E-state index contributed by atoms with van der Waals surface area (Å²) in [6.45, 7) is 0. The van der Waals surface area contributed by atoms with Gasteiger partial charge in [-0.1, -0.05) is 0 Å². The van der Waals surface area contributed by atoms with Gasteiger partial charge in [0.15, 0.2) is 0 Å². The highest BCUT2D eigenvalue weighted by Crippen LogP contribution is 2.33. The molecule has 1 fully saturated rings. The zero-order valence-corrected chi connectivity index (χ0v) is 6.83. The number of aliphatic hydroxyl groups excluding tert-OH is 1. The van der Waals surface area contributed by atoms with Gasteiger partial charge in [-0.2, -0.15) is 0 Å². The van der Waals surface area contributed by atoms with Gasteiger partial charge in [0.1, 0.15) is 6.10 Å². The topological polar surface area (TPSA) is 69.6 Å². The van der Waals surface area contributed by atoms with Crippen LogP contribution in [0.4, 0.5) is 13.6 Å². The van der Waals surface area contributed by atoms with Gasteiger partial charge in [-0.15, -0.1) is 0 Å². The molecule has 0 aromatic carbocycles. The van der Waals surface area contributed by atoms with Crippen LogP contribution in [0.25, 0.3) is 0 Å². The SMILES string of the molecule is O=C(O)NC1CCCC(F)(F)C1O. The average molecular weight is 195 g/mol. The predicted molar refractivity (Wildman–Crippen MR) is 39.8 cm³/mol. The van der Waals surface area contributed by atoms with Gasteiger partial charge in [0.25, 0.3) is 5.92 Å². The maximum atomic E-state index is 12.8. The number of aliphatic hydroxyl groups is 1. The third-order valence-corrected chi connectivity index (χ3v) is 2.15. The van der Waals surface area contributed by atoms with Crippen molar-refractivity contribution in [2.24, 2.45) is 0 Å². The van der Waals surface area contributed by atoms with Crippen LogP contribution in [0.15, 0.2) is 0 Å². The smallest absolute Gasteiger partial charge is 0.404 e. The number of rotatable bonds is 1. The van der Waals surface area contributed by atoms with Gasteiger partial charge < -0.3 is 15.5 Å². The van der Waals surface area contributed by atoms with Gasteiger partial charge in [0, 0.05) is 6.42 Å². The first-order chi connectivity index (χ1) is 5.93. The quantitative estimate of drug-likeness (QED) is 0.579. The van der Waals surface area contributed by atoms with Crippen LogP contribution < -0.4 is 5.32 Å². The Labute approximate surface area is 73.6 Å². The molecule has 2 atom stereocenters. The fourth-order valence-electron chi connectivity index (χ4n) is 1.47. The molecule has 1 rings (SSSR count). The second kappa shape index (κ2) is 3.45. The highest BCUT2D eigenvalue weighted by atomic mass is 19.3. The van der Waals surface area contributed by atoms with E-state index in [4.69, 9.17) is 10.2 Å². The molecule has 3 N–H and O–H groups in total. The van der Waals surface area contributed by atoms with Crippen molar-refractivity contribution in [3.63, 3.8) is 0 Å². The van der Waals surface area contributed by atoms with Crippen molar-refractivity contribution < 1.29 is 23.8 Å². The average Bonchev–Trinajstić information content (AvgIpc) is 1.98. The Bertz CT molecular complexity index is 210. The van der Waals surface area contributed by atoms with Crippen LogP contribution in [0.1, 0.15) is 19.3 Å². The van der Waals surface area contributed by atoms with Crippen molar-refractivity contribution >= 4 is 6.09 Å². The largest absolute Gasteiger partial charge is 0.465 e. The van der Waals surface area contributed by atoms with Crippen LogP contribution >= 0.6 is 0 Å². The van der Waals surface area contributed by atoms with Crippen molar-refractivity contribution in [1.82, 2.24) is 5.32 Å². The molecule has 0 aromatic heterocycles. The van der Waals surface area contributed by atoms with E-state index in [0.717, 1.165) is 0 Å². The summed E-state index contributed by atoms with van der Waals surface area (Å²) >= 11 is 0. The number of hydrogen-bond donors (Lipinski definition) is 3. The molecule has 0 saturated heterocycles. The van der Waals surface area contributed by atoms with E-state index in [1.165, 1.54) is 0 Å². The first kappa shape index (κ1) is 10.2. The maximum Gasteiger partial charge on any atom is 0.404 e. The molecule has 13 heavy (non-hydrogen) atoms. The highest BCUT2D eigenvalue weighted by molar-refractivity contribution is 5.65. The fraction of sp³-hybridized carbons (Fsp3) is 0.857. The monoisotopic (exact) mass is 195 g/mol. The third kappa shape index (κ3) is 2.27. The second-order valence-corrected chi connectivity index (χ2v) is 3.15. The minimum absolute atomic E-state index is 0.217. The summed E-state index contributed by atoms with van der Waals surface area (Å²) in [5.41, 5.74) is 0. The molecule has 6 heteroatoms. The van der Waals surface area contributed by atoms with Gasteiger partial charge in [0.05, 0.1) is 6.04 Å². The summed E-state index contributed by atoms with van der Waals surface area (Å²) in [6, 6.07) is -1.05. The van der Waals surface area contributed by atoms with Crippen LogP contribution in [0.3, 0.4) is 0 Å². The molecular formula is C7H11F2NO3. The molecule has 0 spiro atoms. The van der Waals surface area contributed by atoms with Gasteiger partial charge in [0.2, 0.25) is 0 Å². The Morgan fingerprint density at radius 3 is 2.69 bits per heavy atom. The van der Waals surface area contributed by atoms with Crippen molar-refractivity contribution in [2.75, 3.05) is 0 Å². The van der Waals surface area contributed by atoms with E-state index in [1.54, 1.807) is 0 Å². The Morgan fingerprint density at radius 2 is 2.15 bits per heavy atom. The summed E-state index contributed by atoms with van der Waals surface area (Å²) in [5, 5.41) is 19.2. The number of hydrogen-bond acceptors (Lipinski definition) is 2. The lowest BCUT2D eigenvalue weighted by molar-refractivity contribution is -0.142. The molecule has 0 bridgehead atoms. The van der Waals surface area contributed by atoms with Gasteiger partial charge in [-0.05, 0) is 12.8 Å². The lowest BCUT2D eigenvalue weighted by atomic mass is 9.89. The van der Waals surface area contributed by atoms with E-state index in [2.05, 4.69) is 0 Å². The molecule has 1 amide bonds. The van der Waals surface area contributed by atoms with Gasteiger partial charge in [-0.25, -0.2) is 13.6 Å². The molecule has 1 aliphatic carbocycles. The van der Waals surface area contributed by atoms with Crippen LogP contribution in [0.2, 0.25) is 0 Å². The minimum Gasteiger partial charge on any atom is -0.465 e. The van der Waals surface area contributed by atoms with Crippen molar-refractivity contribution in [2.45, 2.75) is 37.3 Å². The normalized spacial score (nSPS) is 32.5. The maximum absolute atomic E-state index is 12.8. The molecule has 0 heterocycles. The standard InChI is InChI=1S/C7H11F2NO3/c8-7(9)3-1-2-4(5(7)11)10-6(12)13/h4-5,10-11H,1-3H2,(H,12,13). The number of carbonyl (C=O) groups is 1. The lowest BCUT2D eigenvalue weighted by Gasteiger charge is -2.34. The first-order valence-electron chi connectivity index (χ1n) is 3.99. The van der Waals surface area contributed by atoms with Crippen LogP contribution in [0, 0.1) is 0 Å². The highest BCUT2D eigenvalue weighted by Gasteiger charge is 2.46. The van der Waals surface area contributed by atoms with Crippen molar-refractivity contribution in [1.29, 1.82) is 0 Å². The van der Waals surface area contributed by atoms with E-state index >= 15 is 0 Å². The molecule has 2 unspecified atom stereocenters. The minimum atomic E-state index is -3.18. The Kier molecular flexibility index (Phi) is 2.70. The predicted octanol–water partition coefficient (Wildman–Crippen LogP) is 0.803. The zero-order valence-electron chi connectivity index (χ0n) is 6.83. The van der Waals surface area contributed by atoms with Crippen molar-refractivity contribution in [3.8, 4) is 0 Å². The van der Waals surface area contributed by atoms with Crippen LogP contribution in [-0.4, -0.2) is 34.4 Å². The summed E-state index contributed by atoms with van der Waals surface area (Å²) in [6.07, 6.45) is -3.21. The summed E-state index contributed by atoms with van der Waals surface area (Å²) < 4.78 is 25.6. The Morgan fingerprint density at radius 1 is 1.54 bits per heavy atom. The van der Waals surface area contributed by atoms with Crippen LogP contribution in [-0.2, 0) is 0 Å². The van der Waals surface area contributed by atoms with Crippen LogP contribution in [0.5, 0.6) is 0 Å². The number of amides is 1. The molecule has 4 nitrogen and oxygen atoms in total. The van der Waals surface area contributed by atoms with E-state index in [9.17, 15) is 13.6 Å². The number of carboxylic acid groups (broad SMARTS) is 1. The zero-order chi connectivity index (χ0) is 10.1. The molecule has 0 aromatic rings. The van der Waals surface area contributed by atoms with E-state index < -0.39 is 24.2 Å². The number of halogens is 2. The molecule has 1 aliphatic rings. The van der Waals surface area contributed by atoms with E-state index in [0.29, 0.717) is 0 Å². The first-order valence-corrected chi connectivity index (χ1v) is 3.99. The van der Waals surface area contributed by atoms with Gasteiger partial charge >= 0.3 is 6.09 Å². The summed E-state index contributed by atoms with van der Waals surface area (Å²) in [5.74, 6) is -3.18.